The van der Waals surface area contributed by atoms with Crippen molar-refractivity contribution in [2.24, 2.45) is 17.6 Å². The van der Waals surface area contributed by atoms with E-state index in [4.69, 9.17) is 5.73 Å². The van der Waals surface area contributed by atoms with Gasteiger partial charge in [0, 0.05) is 29.8 Å². The van der Waals surface area contributed by atoms with Gasteiger partial charge in [-0.1, -0.05) is 6.42 Å². The number of hydrogen-bond donors (Lipinski definition) is 3. The Labute approximate surface area is 146 Å². The van der Waals surface area contributed by atoms with E-state index in [0.717, 1.165) is 32.1 Å². The molecule has 2 bridgehead atoms. The van der Waals surface area contributed by atoms with Crippen LogP contribution in [0.2, 0.25) is 0 Å². The second-order valence-electron chi connectivity index (χ2n) is 7.86. The van der Waals surface area contributed by atoms with Crippen LogP contribution in [0.15, 0.2) is 10.9 Å². The highest BCUT2D eigenvalue weighted by atomic mass is 16.2. The molecule has 6 nitrogen and oxygen atoms in total. The first-order valence-electron chi connectivity index (χ1n) is 9.38. The van der Waals surface area contributed by atoms with Gasteiger partial charge in [0.25, 0.3) is 11.5 Å². The number of carbonyl (C=O) groups excluding carboxylic acids is 2. The van der Waals surface area contributed by atoms with E-state index < -0.39 is 5.56 Å². The lowest BCUT2D eigenvalue weighted by Crippen LogP contribution is -2.54. The minimum atomic E-state index is -0.399. The Morgan fingerprint density at radius 3 is 2.56 bits per heavy atom. The molecule has 0 radical (unpaired) electrons. The van der Waals surface area contributed by atoms with Gasteiger partial charge in [-0.25, -0.2) is 0 Å². The highest BCUT2D eigenvalue weighted by molar-refractivity contribution is 6.01. The smallest absolute Gasteiger partial charge is 0.261 e. The quantitative estimate of drug-likeness (QED) is 0.757. The summed E-state index contributed by atoms with van der Waals surface area (Å²) in [6.45, 7) is 0. The zero-order chi connectivity index (χ0) is 17.6. The summed E-state index contributed by atoms with van der Waals surface area (Å²) in [7, 11) is 0. The molecule has 2 saturated carbocycles. The summed E-state index contributed by atoms with van der Waals surface area (Å²) < 4.78 is 0. The third kappa shape index (κ3) is 3.03. The average molecular weight is 343 g/mol. The third-order valence-electron chi connectivity index (χ3n) is 6.17. The van der Waals surface area contributed by atoms with Crippen molar-refractivity contribution in [3.05, 3.63) is 33.2 Å². The minimum Gasteiger partial charge on any atom is -0.349 e. The molecule has 0 spiro atoms. The number of aromatic amines is 1. The fourth-order valence-electron chi connectivity index (χ4n) is 5.00. The summed E-state index contributed by atoms with van der Waals surface area (Å²) in [5.41, 5.74) is 6.96. The van der Waals surface area contributed by atoms with E-state index in [9.17, 15) is 14.4 Å². The number of aryl methyl sites for hydroxylation is 1. The van der Waals surface area contributed by atoms with E-state index in [2.05, 4.69) is 10.3 Å². The van der Waals surface area contributed by atoms with Crippen LogP contribution in [-0.4, -0.2) is 28.8 Å². The highest BCUT2D eigenvalue weighted by Crippen LogP contribution is 2.39. The van der Waals surface area contributed by atoms with Crippen molar-refractivity contribution in [1.82, 2.24) is 10.3 Å². The lowest BCUT2D eigenvalue weighted by Gasteiger charge is -2.45. The molecule has 134 valence electrons. The summed E-state index contributed by atoms with van der Waals surface area (Å²) >= 11 is 0. The van der Waals surface area contributed by atoms with E-state index in [1.165, 1.54) is 12.5 Å². The van der Waals surface area contributed by atoms with Gasteiger partial charge in [0.2, 0.25) is 0 Å². The largest absolute Gasteiger partial charge is 0.349 e. The normalized spacial score (nSPS) is 31.3. The Bertz CT molecular complexity index is 756. The predicted molar refractivity (Wildman–Crippen MR) is 93.6 cm³/mol. The summed E-state index contributed by atoms with van der Waals surface area (Å²) in [4.78, 5) is 39.9. The maximum absolute atomic E-state index is 12.8. The van der Waals surface area contributed by atoms with Crippen molar-refractivity contribution < 1.29 is 9.59 Å². The van der Waals surface area contributed by atoms with Crippen molar-refractivity contribution in [3.63, 3.8) is 0 Å². The number of pyridine rings is 1. The van der Waals surface area contributed by atoms with E-state index >= 15 is 0 Å². The number of carbonyl (C=O) groups is 2. The average Bonchev–Trinajstić information content (AvgIpc) is 2.55. The lowest BCUT2D eigenvalue weighted by atomic mass is 9.67. The van der Waals surface area contributed by atoms with Gasteiger partial charge in [-0.3, -0.25) is 14.4 Å². The Hall–Kier alpha value is -1.95. The molecule has 2 atom stereocenters. The molecule has 1 aromatic heterocycles. The topological polar surface area (TPSA) is 105 Å². The van der Waals surface area contributed by atoms with Crippen LogP contribution in [-0.2, 0) is 6.42 Å². The summed E-state index contributed by atoms with van der Waals surface area (Å²) in [6, 6.07) is 1.80. The molecule has 6 heteroatoms. The number of aromatic nitrogens is 1. The number of Topliss-reactive ketones (excluding diaryl/α,β-unsaturated/α-hetero) is 1. The first-order valence-corrected chi connectivity index (χ1v) is 9.38. The second kappa shape index (κ2) is 6.41. The second-order valence-corrected chi connectivity index (χ2v) is 7.86. The zero-order valence-corrected chi connectivity index (χ0v) is 14.3. The number of H-pyrrole nitrogens is 1. The number of ketones is 1. The first kappa shape index (κ1) is 16.5. The number of hydrogen-bond acceptors (Lipinski definition) is 4. The van der Waals surface area contributed by atoms with E-state index in [0.29, 0.717) is 35.9 Å². The van der Waals surface area contributed by atoms with Crippen LogP contribution in [0.1, 0.15) is 71.4 Å². The number of nitrogens with one attached hydrogen (secondary N) is 2. The Morgan fingerprint density at radius 2 is 1.84 bits per heavy atom. The minimum absolute atomic E-state index is 0.00654. The van der Waals surface area contributed by atoms with Gasteiger partial charge in [-0.15, -0.1) is 0 Å². The molecular weight excluding hydrogens is 318 g/mol. The lowest BCUT2D eigenvalue weighted by molar-refractivity contribution is 0.0754. The molecule has 0 aromatic carbocycles. The van der Waals surface area contributed by atoms with Gasteiger partial charge in [0.15, 0.2) is 5.78 Å². The molecule has 25 heavy (non-hydrogen) atoms. The molecule has 0 aliphatic heterocycles. The molecule has 2 unspecified atom stereocenters. The van der Waals surface area contributed by atoms with Gasteiger partial charge in [-0.2, -0.15) is 0 Å². The Kier molecular flexibility index (Phi) is 4.23. The van der Waals surface area contributed by atoms with Gasteiger partial charge in [0.1, 0.15) is 5.56 Å². The van der Waals surface area contributed by atoms with Crippen molar-refractivity contribution in [1.29, 1.82) is 0 Å². The highest BCUT2D eigenvalue weighted by Gasteiger charge is 2.40. The predicted octanol–water partition coefficient (Wildman–Crippen LogP) is 1.53. The molecule has 1 aromatic rings. The van der Waals surface area contributed by atoms with Gasteiger partial charge < -0.3 is 16.0 Å². The maximum atomic E-state index is 12.8. The van der Waals surface area contributed by atoms with Crippen molar-refractivity contribution in [2.75, 3.05) is 0 Å². The first-order chi connectivity index (χ1) is 12.0. The number of nitrogens with two attached hydrogens (primary N) is 1. The zero-order valence-electron chi connectivity index (χ0n) is 14.3. The van der Waals surface area contributed by atoms with Crippen LogP contribution >= 0.6 is 0 Å². The molecule has 2 fully saturated rings. The molecule has 3 aliphatic carbocycles. The molecule has 4 rings (SSSR count). The summed E-state index contributed by atoms with van der Waals surface area (Å²) in [5, 5.41) is 3.09. The third-order valence-corrected chi connectivity index (χ3v) is 6.17. The maximum Gasteiger partial charge on any atom is 0.261 e. The molecule has 4 N–H and O–H groups in total. The van der Waals surface area contributed by atoms with Crippen molar-refractivity contribution >= 4 is 11.7 Å². The van der Waals surface area contributed by atoms with Crippen molar-refractivity contribution in [2.45, 2.75) is 63.5 Å². The van der Waals surface area contributed by atoms with Gasteiger partial charge in [-0.05, 0) is 56.4 Å². The number of fused-ring (bicyclic) bond motifs is 3. The molecule has 3 aliphatic rings. The van der Waals surface area contributed by atoms with E-state index in [1.807, 2.05) is 0 Å². The van der Waals surface area contributed by atoms with Crippen molar-refractivity contribution in [3.8, 4) is 0 Å². The molecular formula is C19H25N3O3. The summed E-state index contributed by atoms with van der Waals surface area (Å²) in [5.74, 6) is 0.432. The number of amides is 1. The fraction of sp³-hybridized carbons (Fsp3) is 0.632. The Balaban J connectivity index is 1.58. The van der Waals surface area contributed by atoms with Gasteiger partial charge in [0.05, 0.1) is 0 Å². The molecule has 0 saturated heterocycles. The van der Waals surface area contributed by atoms with Crippen LogP contribution in [0, 0.1) is 11.8 Å². The fourth-order valence-corrected chi connectivity index (χ4v) is 5.00. The molecule has 1 amide bonds. The number of rotatable bonds is 2. The summed E-state index contributed by atoms with van der Waals surface area (Å²) in [6.07, 6.45) is 7.11. The standard InChI is InChI=1S/C19H25N3O3/c20-12-7-10-3-1-4-11(8-12)17(10)22-19(25)14-9-13-15(21-18(14)24)5-2-6-16(13)23/h9-12,17H,1-8,20H2,(H,21,24)(H,22,25). The van der Waals surface area contributed by atoms with Crippen LogP contribution in [0.4, 0.5) is 0 Å². The van der Waals surface area contributed by atoms with Crippen LogP contribution in [0.5, 0.6) is 0 Å². The van der Waals surface area contributed by atoms with E-state index in [-0.39, 0.29) is 29.3 Å². The molecule has 1 heterocycles. The van der Waals surface area contributed by atoms with Crippen LogP contribution in [0.3, 0.4) is 0 Å². The Morgan fingerprint density at radius 1 is 1.12 bits per heavy atom. The monoisotopic (exact) mass is 343 g/mol. The SMILES string of the molecule is NC1CC2CCCC(C1)C2NC(=O)c1cc2c([nH]c1=O)CCCC2=O. The van der Waals surface area contributed by atoms with Crippen LogP contribution in [0.25, 0.3) is 0 Å². The van der Waals surface area contributed by atoms with E-state index in [1.54, 1.807) is 0 Å². The van der Waals surface area contributed by atoms with Gasteiger partial charge >= 0.3 is 0 Å². The van der Waals surface area contributed by atoms with Crippen LogP contribution < -0.4 is 16.6 Å².